The average molecular weight is 539 g/mol. The minimum Gasteiger partial charge on any atom is -0.491 e. The van der Waals surface area contributed by atoms with Gasteiger partial charge in [-0.05, 0) is 66.1 Å². The Bertz CT molecular complexity index is 1330. The van der Waals surface area contributed by atoms with Crippen molar-refractivity contribution in [3.63, 3.8) is 0 Å². The number of amides is 1. The predicted octanol–water partition coefficient (Wildman–Crippen LogP) is 5.56. The molecular formula is C29H34N2O4S2. The highest BCUT2D eigenvalue weighted by molar-refractivity contribution is 7.89. The summed E-state index contributed by atoms with van der Waals surface area (Å²) < 4.78 is 34.1. The molecule has 0 spiro atoms. The molecule has 1 aromatic heterocycles. The monoisotopic (exact) mass is 538 g/mol. The molecular weight excluding hydrogens is 504 g/mol. The van der Waals surface area contributed by atoms with Crippen molar-refractivity contribution in [2.75, 3.05) is 26.2 Å². The number of benzene rings is 2. The van der Waals surface area contributed by atoms with E-state index in [0.29, 0.717) is 19.1 Å². The van der Waals surface area contributed by atoms with Gasteiger partial charge in [-0.3, -0.25) is 4.79 Å². The van der Waals surface area contributed by atoms with Crippen molar-refractivity contribution >= 4 is 27.3 Å². The number of fused-ring (bicyclic) bond motifs is 1. The molecule has 8 heteroatoms. The second-order valence-corrected chi connectivity index (χ2v) is 12.5. The summed E-state index contributed by atoms with van der Waals surface area (Å²) in [7, 11) is -3.86. The molecule has 1 aliphatic heterocycles. The number of sulfonamides is 1. The van der Waals surface area contributed by atoms with Gasteiger partial charge in [-0.2, -0.15) is 4.31 Å². The molecule has 1 amide bonds. The van der Waals surface area contributed by atoms with E-state index in [-0.39, 0.29) is 29.9 Å². The van der Waals surface area contributed by atoms with Crippen molar-refractivity contribution in [1.82, 2.24) is 9.21 Å². The summed E-state index contributed by atoms with van der Waals surface area (Å²) in [5.74, 6) is 0.927. The number of ether oxygens (including phenoxy) is 1. The summed E-state index contributed by atoms with van der Waals surface area (Å²) in [6.07, 6.45) is 2.25. The van der Waals surface area contributed by atoms with E-state index in [1.54, 1.807) is 40.5 Å². The zero-order valence-electron chi connectivity index (χ0n) is 21.6. The summed E-state index contributed by atoms with van der Waals surface area (Å²) in [6, 6.07) is 16.4. The minimum absolute atomic E-state index is 0.0445. The summed E-state index contributed by atoms with van der Waals surface area (Å²) in [5.41, 5.74) is 3.27. The van der Waals surface area contributed by atoms with Crippen molar-refractivity contribution < 1.29 is 17.9 Å². The second kappa shape index (κ2) is 11.6. The zero-order chi connectivity index (χ0) is 26.6. The van der Waals surface area contributed by atoms with Gasteiger partial charge >= 0.3 is 0 Å². The van der Waals surface area contributed by atoms with E-state index in [9.17, 15) is 13.2 Å². The van der Waals surface area contributed by atoms with Crippen LogP contribution in [0.2, 0.25) is 0 Å². The van der Waals surface area contributed by atoms with Gasteiger partial charge in [0, 0.05) is 18.0 Å². The van der Waals surface area contributed by atoms with Crippen molar-refractivity contribution in [2.45, 2.75) is 44.0 Å². The quantitative estimate of drug-likeness (QED) is 0.317. The Labute approximate surface area is 224 Å². The number of aryl methyl sites for hydroxylation is 1. The highest BCUT2D eigenvalue weighted by Crippen LogP contribution is 2.34. The van der Waals surface area contributed by atoms with Crippen molar-refractivity contribution in [2.24, 2.45) is 0 Å². The Kier molecular flexibility index (Phi) is 8.52. The van der Waals surface area contributed by atoms with E-state index in [1.165, 1.54) is 20.8 Å². The van der Waals surface area contributed by atoms with E-state index in [2.05, 4.69) is 32.6 Å². The Morgan fingerprint density at radius 3 is 2.51 bits per heavy atom. The molecule has 0 N–H and O–H groups in total. The summed E-state index contributed by atoms with van der Waals surface area (Å²) >= 11 is 1.68. The van der Waals surface area contributed by atoms with E-state index >= 15 is 0 Å². The van der Waals surface area contributed by atoms with E-state index in [4.69, 9.17) is 4.74 Å². The first-order chi connectivity index (χ1) is 17.7. The molecule has 0 fully saturated rings. The van der Waals surface area contributed by atoms with Gasteiger partial charge in [0.2, 0.25) is 15.9 Å². The average Bonchev–Trinajstić information content (AvgIpc) is 3.36. The first-order valence-electron chi connectivity index (χ1n) is 12.5. The summed E-state index contributed by atoms with van der Waals surface area (Å²) in [5, 5.41) is 2.04. The maximum absolute atomic E-state index is 13.6. The van der Waals surface area contributed by atoms with Crippen LogP contribution in [0.5, 0.6) is 5.75 Å². The van der Waals surface area contributed by atoms with Crippen LogP contribution in [0.3, 0.4) is 0 Å². The van der Waals surface area contributed by atoms with E-state index in [0.717, 1.165) is 23.3 Å². The molecule has 0 bridgehead atoms. The zero-order valence-corrected chi connectivity index (χ0v) is 23.2. The first-order valence-corrected chi connectivity index (χ1v) is 14.8. The molecule has 1 atom stereocenters. The molecule has 37 heavy (non-hydrogen) atoms. The number of hydrogen-bond donors (Lipinski definition) is 0. The van der Waals surface area contributed by atoms with Crippen LogP contribution in [0, 0.1) is 6.92 Å². The largest absolute Gasteiger partial charge is 0.491 e. The van der Waals surface area contributed by atoms with E-state index in [1.807, 2.05) is 30.5 Å². The fourth-order valence-electron chi connectivity index (χ4n) is 4.49. The Hall–Kier alpha value is -2.94. The second-order valence-electron chi connectivity index (χ2n) is 9.59. The van der Waals surface area contributed by atoms with Gasteiger partial charge in [0.25, 0.3) is 0 Å². The molecule has 0 unspecified atom stereocenters. The lowest BCUT2D eigenvalue weighted by Crippen LogP contribution is -2.47. The SMILES string of the molecule is C=CCN(CC(=O)N1CCc2sccc2[C@H]1COc1ccc(C(C)C)cc1)S(=O)(=O)c1ccc(C)cc1. The van der Waals surface area contributed by atoms with Crippen molar-refractivity contribution in [3.8, 4) is 5.75 Å². The lowest BCUT2D eigenvalue weighted by atomic mass is 10.0. The molecule has 2 aromatic carbocycles. The molecule has 2 heterocycles. The van der Waals surface area contributed by atoms with E-state index < -0.39 is 10.0 Å². The lowest BCUT2D eigenvalue weighted by molar-refractivity contribution is -0.135. The van der Waals surface area contributed by atoms with Gasteiger partial charge in [0.1, 0.15) is 12.4 Å². The normalized spacial score (nSPS) is 15.6. The number of carbonyl (C=O) groups excluding carboxylic acids is 1. The van der Waals surface area contributed by atoms with Gasteiger partial charge in [-0.25, -0.2) is 8.42 Å². The maximum atomic E-state index is 13.6. The van der Waals surface area contributed by atoms with Crippen molar-refractivity contribution in [3.05, 3.63) is 94.2 Å². The standard InChI is InChI=1S/C29H34N2O4S2/c1-5-16-30(37(33,34)25-12-6-22(4)7-13-25)19-29(32)31-17-14-28-26(15-18-36-28)27(31)20-35-24-10-8-23(9-11-24)21(2)3/h5-13,15,18,21,27H,1,14,16-17,19-20H2,2-4H3/t27-/m1/s1. The fraction of sp³-hybridized carbons (Fsp3) is 0.345. The third-order valence-electron chi connectivity index (χ3n) is 6.67. The van der Waals surface area contributed by atoms with Gasteiger partial charge in [-0.15, -0.1) is 17.9 Å². The van der Waals surface area contributed by atoms with Crippen LogP contribution in [0.4, 0.5) is 0 Å². The predicted molar refractivity (Wildman–Crippen MR) is 149 cm³/mol. The highest BCUT2D eigenvalue weighted by atomic mass is 32.2. The minimum atomic E-state index is -3.86. The van der Waals surface area contributed by atoms with Gasteiger partial charge < -0.3 is 9.64 Å². The number of carbonyl (C=O) groups is 1. The van der Waals surface area contributed by atoms with Crippen LogP contribution in [0.25, 0.3) is 0 Å². The maximum Gasteiger partial charge on any atom is 0.243 e. The molecule has 3 aromatic rings. The molecule has 4 rings (SSSR count). The summed E-state index contributed by atoms with van der Waals surface area (Å²) in [6.45, 7) is 10.5. The third-order valence-corrected chi connectivity index (χ3v) is 9.50. The number of thiophene rings is 1. The molecule has 0 aliphatic carbocycles. The lowest BCUT2D eigenvalue weighted by Gasteiger charge is -2.36. The summed E-state index contributed by atoms with van der Waals surface area (Å²) in [4.78, 5) is 16.8. The van der Waals surface area contributed by atoms with Crippen LogP contribution >= 0.6 is 11.3 Å². The topological polar surface area (TPSA) is 66.9 Å². The highest BCUT2D eigenvalue weighted by Gasteiger charge is 2.35. The van der Waals surface area contributed by atoms with Gasteiger partial charge in [0.05, 0.1) is 17.5 Å². The molecule has 196 valence electrons. The van der Waals surface area contributed by atoms with Crippen LogP contribution in [0.15, 0.2) is 77.5 Å². The molecule has 0 saturated carbocycles. The van der Waals surface area contributed by atoms with Gasteiger partial charge in [0.15, 0.2) is 0 Å². The molecule has 1 aliphatic rings. The van der Waals surface area contributed by atoms with Gasteiger partial charge in [-0.1, -0.05) is 49.8 Å². The molecule has 0 saturated heterocycles. The first kappa shape index (κ1) is 27.1. The van der Waals surface area contributed by atoms with Crippen LogP contribution in [-0.2, 0) is 21.2 Å². The Morgan fingerprint density at radius 1 is 1.16 bits per heavy atom. The van der Waals surface area contributed by atoms with Crippen LogP contribution in [0.1, 0.15) is 47.4 Å². The molecule has 0 radical (unpaired) electrons. The Morgan fingerprint density at radius 2 is 1.86 bits per heavy atom. The number of hydrogen-bond acceptors (Lipinski definition) is 5. The Balaban J connectivity index is 1.54. The van der Waals surface area contributed by atoms with Crippen LogP contribution < -0.4 is 4.74 Å². The van der Waals surface area contributed by atoms with Crippen molar-refractivity contribution in [1.29, 1.82) is 0 Å². The fourth-order valence-corrected chi connectivity index (χ4v) is 6.78. The number of nitrogens with zero attached hydrogens (tertiary/aromatic N) is 2. The number of rotatable bonds is 10. The van der Waals surface area contributed by atoms with Crippen LogP contribution in [-0.4, -0.2) is 49.8 Å². The third kappa shape index (κ3) is 6.14. The molecule has 6 nitrogen and oxygen atoms in total. The smallest absolute Gasteiger partial charge is 0.243 e.